The second-order valence-electron chi connectivity index (χ2n) is 3.89. The Morgan fingerprint density at radius 1 is 1.38 bits per heavy atom. The normalized spacial score (nSPS) is 21.3. The first-order valence-electron chi connectivity index (χ1n) is 5.28. The fourth-order valence-corrected chi connectivity index (χ4v) is 2.50. The Hall–Kier alpha value is 0.430. The Bertz CT molecular complexity index is 141. The van der Waals surface area contributed by atoms with Crippen molar-refractivity contribution in [1.82, 2.24) is 5.32 Å². The fraction of sp³-hybridized carbons (Fsp3) is 0.818. The van der Waals surface area contributed by atoms with Crippen molar-refractivity contribution < 1.29 is 0 Å². The summed E-state index contributed by atoms with van der Waals surface area (Å²) in [7, 11) is 0. The van der Waals surface area contributed by atoms with Gasteiger partial charge in [0.2, 0.25) is 0 Å². The average Bonchev–Trinajstić information content (AvgIpc) is 2.21. The molecule has 1 nitrogen and oxygen atoms in total. The van der Waals surface area contributed by atoms with E-state index in [2.05, 4.69) is 40.6 Å². The minimum Gasteiger partial charge on any atom is -0.313 e. The SMILES string of the molecule is C=CC(CI)CNC1CCCCC1. The van der Waals surface area contributed by atoms with Crippen molar-refractivity contribution >= 4 is 22.6 Å². The Kier molecular flexibility index (Phi) is 6.04. The molecule has 1 unspecified atom stereocenters. The smallest absolute Gasteiger partial charge is 0.00704 e. The number of nitrogens with one attached hydrogen (secondary N) is 1. The maximum absolute atomic E-state index is 3.85. The summed E-state index contributed by atoms with van der Waals surface area (Å²) in [6.07, 6.45) is 9.11. The number of hydrogen-bond donors (Lipinski definition) is 1. The van der Waals surface area contributed by atoms with Crippen LogP contribution in [0.5, 0.6) is 0 Å². The third-order valence-corrected chi connectivity index (χ3v) is 3.94. The average molecular weight is 293 g/mol. The van der Waals surface area contributed by atoms with Crippen LogP contribution < -0.4 is 5.32 Å². The third kappa shape index (κ3) is 4.45. The maximum Gasteiger partial charge on any atom is 0.00704 e. The van der Waals surface area contributed by atoms with Crippen LogP contribution in [-0.4, -0.2) is 17.0 Å². The van der Waals surface area contributed by atoms with Crippen LogP contribution in [0.1, 0.15) is 32.1 Å². The molecular formula is C11H20IN. The van der Waals surface area contributed by atoms with Gasteiger partial charge in [0, 0.05) is 17.0 Å². The van der Waals surface area contributed by atoms with Gasteiger partial charge >= 0.3 is 0 Å². The molecule has 0 amide bonds. The van der Waals surface area contributed by atoms with Crippen molar-refractivity contribution in [1.29, 1.82) is 0 Å². The molecule has 76 valence electrons. The van der Waals surface area contributed by atoms with Gasteiger partial charge in [-0.05, 0) is 18.8 Å². The monoisotopic (exact) mass is 293 g/mol. The highest BCUT2D eigenvalue weighted by atomic mass is 127. The Morgan fingerprint density at radius 2 is 2.08 bits per heavy atom. The fourth-order valence-electron chi connectivity index (χ4n) is 1.83. The van der Waals surface area contributed by atoms with Gasteiger partial charge in [0.05, 0.1) is 0 Å². The van der Waals surface area contributed by atoms with E-state index in [0.29, 0.717) is 5.92 Å². The van der Waals surface area contributed by atoms with E-state index in [0.717, 1.165) is 12.6 Å². The third-order valence-electron chi connectivity index (χ3n) is 2.81. The predicted octanol–water partition coefficient (Wildman–Crippen LogP) is 3.15. The lowest BCUT2D eigenvalue weighted by Gasteiger charge is -2.24. The van der Waals surface area contributed by atoms with E-state index in [1.54, 1.807) is 0 Å². The highest BCUT2D eigenvalue weighted by Crippen LogP contribution is 2.17. The summed E-state index contributed by atoms with van der Waals surface area (Å²) < 4.78 is 1.18. The van der Waals surface area contributed by atoms with Gasteiger partial charge in [0.25, 0.3) is 0 Å². The quantitative estimate of drug-likeness (QED) is 0.466. The van der Waals surface area contributed by atoms with E-state index in [9.17, 15) is 0 Å². The minimum atomic E-state index is 0.655. The highest BCUT2D eigenvalue weighted by Gasteiger charge is 2.13. The van der Waals surface area contributed by atoms with Crippen LogP contribution in [0, 0.1) is 5.92 Å². The van der Waals surface area contributed by atoms with Crippen LogP contribution in [0.3, 0.4) is 0 Å². The molecule has 13 heavy (non-hydrogen) atoms. The van der Waals surface area contributed by atoms with E-state index in [4.69, 9.17) is 0 Å². The molecule has 1 aliphatic rings. The molecule has 2 heteroatoms. The van der Waals surface area contributed by atoms with E-state index in [1.165, 1.54) is 36.5 Å². The molecule has 0 aromatic rings. The summed E-state index contributed by atoms with van der Waals surface area (Å²) in [5.74, 6) is 0.655. The second-order valence-corrected chi connectivity index (χ2v) is 4.77. The molecular weight excluding hydrogens is 273 g/mol. The summed E-state index contributed by atoms with van der Waals surface area (Å²) in [6, 6.07) is 0.791. The largest absolute Gasteiger partial charge is 0.313 e. The first-order chi connectivity index (χ1) is 6.36. The van der Waals surface area contributed by atoms with Gasteiger partial charge in [0.1, 0.15) is 0 Å². The van der Waals surface area contributed by atoms with Crippen LogP contribution in [0.2, 0.25) is 0 Å². The molecule has 0 bridgehead atoms. The lowest BCUT2D eigenvalue weighted by molar-refractivity contribution is 0.365. The molecule has 1 N–H and O–H groups in total. The molecule has 0 heterocycles. The topological polar surface area (TPSA) is 12.0 Å². The zero-order valence-corrected chi connectivity index (χ0v) is 10.4. The summed E-state index contributed by atoms with van der Waals surface area (Å²) >= 11 is 2.43. The van der Waals surface area contributed by atoms with E-state index >= 15 is 0 Å². The van der Waals surface area contributed by atoms with Gasteiger partial charge < -0.3 is 5.32 Å². The van der Waals surface area contributed by atoms with Gasteiger partial charge in [-0.15, -0.1) is 6.58 Å². The van der Waals surface area contributed by atoms with Gasteiger partial charge in [-0.1, -0.05) is 47.9 Å². The molecule has 1 fully saturated rings. The van der Waals surface area contributed by atoms with Gasteiger partial charge in [-0.2, -0.15) is 0 Å². The standard InChI is InChI=1S/C11H20IN/c1-2-10(8-12)9-13-11-6-4-3-5-7-11/h2,10-11,13H,1,3-9H2. The summed E-state index contributed by atoms with van der Waals surface area (Å²) in [5.41, 5.74) is 0. The number of halogens is 1. The van der Waals surface area contributed by atoms with E-state index < -0.39 is 0 Å². The lowest BCUT2D eigenvalue weighted by atomic mass is 9.95. The predicted molar refractivity (Wildman–Crippen MR) is 67.4 cm³/mol. The Labute approximate surface area is 95.5 Å². The molecule has 1 aliphatic carbocycles. The zero-order chi connectivity index (χ0) is 9.52. The Balaban J connectivity index is 2.12. The van der Waals surface area contributed by atoms with Crippen molar-refractivity contribution in [3.8, 4) is 0 Å². The molecule has 0 aromatic heterocycles. The molecule has 1 atom stereocenters. The molecule has 0 spiro atoms. The zero-order valence-electron chi connectivity index (χ0n) is 8.27. The number of hydrogen-bond acceptors (Lipinski definition) is 1. The van der Waals surface area contributed by atoms with E-state index in [-0.39, 0.29) is 0 Å². The van der Waals surface area contributed by atoms with Crippen LogP contribution in [0.25, 0.3) is 0 Å². The van der Waals surface area contributed by atoms with Crippen LogP contribution in [-0.2, 0) is 0 Å². The maximum atomic E-state index is 3.85. The lowest BCUT2D eigenvalue weighted by Crippen LogP contribution is -2.34. The van der Waals surface area contributed by atoms with Crippen LogP contribution >= 0.6 is 22.6 Å². The second kappa shape index (κ2) is 6.82. The van der Waals surface area contributed by atoms with Crippen LogP contribution in [0.15, 0.2) is 12.7 Å². The summed E-state index contributed by atoms with van der Waals surface area (Å²) in [6.45, 7) is 4.97. The number of rotatable bonds is 5. The molecule has 0 saturated heterocycles. The Morgan fingerprint density at radius 3 is 2.62 bits per heavy atom. The molecule has 0 aromatic carbocycles. The summed E-state index contributed by atoms with van der Waals surface area (Å²) in [5, 5.41) is 3.65. The van der Waals surface area contributed by atoms with Crippen LogP contribution in [0.4, 0.5) is 0 Å². The molecule has 1 saturated carbocycles. The molecule has 0 radical (unpaired) electrons. The van der Waals surface area contributed by atoms with Gasteiger partial charge in [0.15, 0.2) is 0 Å². The first kappa shape index (κ1) is 11.5. The molecule has 1 rings (SSSR count). The van der Waals surface area contributed by atoms with Gasteiger partial charge in [-0.25, -0.2) is 0 Å². The van der Waals surface area contributed by atoms with Crippen molar-refractivity contribution in [2.24, 2.45) is 5.92 Å². The molecule has 0 aliphatic heterocycles. The van der Waals surface area contributed by atoms with Crippen molar-refractivity contribution in [3.63, 3.8) is 0 Å². The van der Waals surface area contributed by atoms with Crippen molar-refractivity contribution in [2.45, 2.75) is 38.1 Å². The number of alkyl halides is 1. The summed E-state index contributed by atoms with van der Waals surface area (Å²) in [4.78, 5) is 0. The van der Waals surface area contributed by atoms with Crippen molar-refractivity contribution in [3.05, 3.63) is 12.7 Å². The van der Waals surface area contributed by atoms with Gasteiger partial charge in [-0.3, -0.25) is 0 Å². The highest BCUT2D eigenvalue weighted by molar-refractivity contribution is 14.1. The first-order valence-corrected chi connectivity index (χ1v) is 6.81. The van der Waals surface area contributed by atoms with Crippen molar-refractivity contribution in [2.75, 3.05) is 11.0 Å². The van der Waals surface area contributed by atoms with E-state index in [1.807, 2.05) is 0 Å². The minimum absolute atomic E-state index is 0.655.